The van der Waals surface area contributed by atoms with Crippen molar-refractivity contribution < 1.29 is 17.1 Å². The zero-order valence-electron chi connectivity index (χ0n) is 15.9. The first kappa shape index (κ1) is 24.2. The summed E-state index contributed by atoms with van der Waals surface area (Å²) in [5, 5.41) is 4.14. The van der Waals surface area contributed by atoms with E-state index in [1.165, 1.54) is 0 Å². The minimum Gasteiger partial charge on any atom is -0.668 e. The van der Waals surface area contributed by atoms with Crippen LogP contribution < -0.4 is 0 Å². The van der Waals surface area contributed by atoms with Crippen LogP contribution in [0.2, 0.25) is 39.3 Å². The zero-order valence-corrected chi connectivity index (χ0v) is 19.0. The molecule has 4 nitrogen and oxygen atoms in total. The summed E-state index contributed by atoms with van der Waals surface area (Å²) in [6.07, 6.45) is 3.48. The Morgan fingerprint density at radius 2 is 1.12 bits per heavy atom. The van der Waals surface area contributed by atoms with Crippen LogP contribution in [-0.4, -0.2) is 26.4 Å². The van der Waals surface area contributed by atoms with Crippen LogP contribution in [0.3, 0.4) is 0 Å². The van der Waals surface area contributed by atoms with Crippen LogP contribution >= 0.6 is 0 Å². The molecule has 2 aromatic heterocycles. The molecule has 0 aliphatic rings. The molecule has 0 N–H and O–H groups in total. The van der Waals surface area contributed by atoms with Crippen LogP contribution in [-0.2, 0) is 17.1 Å². The molecule has 2 heterocycles. The summed E-state index contributed by atoms with van der Waals surface area (Å²) in [5.74, 6) is 0. The average Bonchev–Trinajstić information content (AvgIpc) is 2.46. The SMILES string of the molecule is C[Si](C)(C)[N-][Si](C)(C)C.[CH]([N-][CH]c1ccccn1)c1ccccn1.[Fe+2]. The molecule has 0 saturated carbocycles. The Morgan fingerprint density at radius 3 is 1.36 bits per heavy atom. The number of pyridine rings is 2. The first-order valence-electron chi connectivity index (χ1n) is 8.08. The first-order valence-corrected chi connectivity index (χ1v) is 15.0. The van der Waals surface area contributed by atoms with E-state index in [9.17, 15) is 0 Å². The third-order valence-electron chi connectivity index (χ3n) is 2.46. The van der Waals surface area contributed by atoms with Crippen molar-refractivity contribution in [2.24, 2.45) is 0 Å². The fourth-order valence-electron chi connectivity index (χ4n) is 2.10. The van der Waals surface area contributed by atoms with E-state index in [1.54, 1.807) is 25.5 Å². The van der Waals surface area contributed by atoms with Crippen molar-refractivity contribution in [1.82, 2.24) is 9.97 Å². The van der Waals surface area contributed by atoms with Gasteiger partial charge in [-0.15, -0.1) is 13.1 Å². The van der Waals surface area contributed by atoms with Crippen molar-refractivity contribution in [3.63, 3.8) is 0 Å². The molecule has 0 spiro atoms. The van der Waals surface area contributed by atoms with Crippen molar-refractivity contribution >= 4 is 16.5 Å². The standard InChI is InChI=1S/C12H10N3.C6H18NSi2.Fe/c1-3-7-14-11(5-1)9-13-10-12-6-2-4-8-15-12;1-8(2,3)7-9(4,5)6;/h1-10H;1-6H3;/q2*-1;+2. The zero-order chi connectivity index (χ0) is 18.1. The minimum absolute atomic E-state index is 0. The van der Waals surface area contributed by atoms with Gasteiger partial charge in [0.15, 0.2) is 0 Å². The van der Waals surface area contributed by atoms with Crippen molar-refractivity contribution in [3.05, 3.63) is 83.2 Å². The fourth-order valence-corrected chi connectivity index (χ4v) is 10.2. The van der Waals surface area contributed by atoms with Crippen LogP contribution in [0, 0.1) is 13.1 Å². The third kappa shape index (κ3) is 14.1. The predicted molar refractivity (Wildman–Crippen MR) is 109 cm³/mol. The molecule has 136 valence electrons. The van der Waals surface area contributed by atoms with Gasteiger partial charge >= 0.3 is 17.1 Å². The van der Waals surface area contributed by atoms with Gasteiger partial charge in [-0.2, -0.15) is 0 Å². The van der Waals surface area contributed by atoms with Crippen LogP contribution in [0.25, 0.3) is 9.96 Å². The van der Waals surface area contributed by atoms with Gasteiger partial charge in [-0.05, 0) is 24.3 Å². The van der Waals surface area contributed by atoms with Crippen LogP contribution in [0.5, 0.6) is 0 Å². The van der Waals surface area contributed by atoms with E-state index < -0.39 is 16.5 Å². The van der Waals surface area contributed by atoms with Gasteiger partial charge in [0.1, 0.15) is 0 Å². The Hall–Kier alpha value is -0.827. The molecular formula is C18H28FeN4Si2. The molecule has 0 fully saturated rings. The second kappa shape index (κ2) is 11.7. The van der Waals surface area contributed by atoms with Gasteiger partial charge in [0.05, 0.1) is 0 Å². The van der Waals surface area contributed by atoms with E-state index in [0.717, 1.165) is 11.4 Å². The second-order valence-electron chi connectivity index (χ2n) is 7.37. The van der Waals surface area contributed by atoms with E-state index >= 15 is 0 Å². The molecule has 0 aromatic carbocycles. The summed E-state index contributed by atoms with van der Waals surface area (Å²) in [6.45, 7) is 17.2. The number of hydrogen-bond donors (Lipinski definition) is 0. The summed E-state index contributed by atoms with van der Waals surface area (Å²) in [4.78, 5) is 8.24. The first-order chi connectivity index (χ1) is 11.2. The van der Waals surface area contributed by atoms with Crippen molar-refractivity contribution in [3.8, 4) is 0 Å². The second-order valence-corrected chi connectivity index (χ2v) is 16.9. The molecular weight excluding hydrogens is 384 g/mol. The fraction of sp³-hybridized carbons (Fsp3) is 0.333. The Kier molecular flexibility index (Phi) is 11.3. The molecule has 25 heavy (non-hydrogen) atoms. The number of rotatable bonds is 6. The third-order valence-corrected chi connectivity index (χ3v) is 7.83. The minimum atomic E-state index is -1.11. The molecule has 2 radical (unpaired) electrons. The Bertz CT molecular complexity index is 518. The maximum Gasteiger partial charge on any atom is 2.00 e. The van der Waals surface area contributed by atoms with Gasteiger partial charge < -0.3 is 9.96 Å². The molecule has 0 unspecified atom stereocenters. The van der Waals surface area contributed by atoms with E-state index in [4.69, 9.17) is 4.65 Å². The Morgan fingerprint density at radius 1 is 0.720 bits per heavy atom. The molecule has 0 aliphatic carbocycles. The van der Waals surface area contributed by atoms with Gasteiger partial charge in [-0.25, -0.2) is 0 Å². The van der Waals surface area contributed by atoms with Crippen molar-refractivity contribution in [1.29, 1.82) is 0 Å². The summed E-state index contributed by atoms with van der Waals surface area (Å²) in [7, 11) is -2.21. The smallest absolute Gasteiger partial charge is 0.668 e. The summed E-state index contributed by atoms with van der Waals surface area (Å²) in [6, 6.07) is 11.4. The van der Waals surface area contributed by atoms with Gasteiger partial charge in [-0.3, -0.25) is 9.97 Å². The van der Waals surface area contributed by atoms with Crippen molar-refractivity contribution in [2.75, 3.05) is 0 Å². The average molecular weight is 412 g/mol. The van der Waals surface area contributed by atoms with Gasteiger partial charge in [0, 0.05) is 23.8 Å². The molecule has 0 atom stereocenters. The van der Waals surface area contributed by atoms with Gasteiger partial charge in [-0.1, -0.05) is 67.9 Å². The van der Waals surface area contributed by atoms with Crippen LogP contribution in [0.1, 0.15) is 11.4 Å². The summed E-state index contributed by atoms with van der Waals surface area (Å²) in [5.41, 5.74) is 1.68. The van der Waals surface area contributed by atoms with Crippen molar-refractivity contribution in [2.45, 2.75) is 39.3 Å². The maximum absolute atomic E-state index is 4.82. The number of nitrogens with zero attached hydrogens (tertiary/aromatic N) is 4. The monoisotopic (exact) mass is 412 g/mol. The molecule has 0 aliphatic heterocycles. The van der Waals surface area contributed by atoms with Crippen LogP contribution in [0.15, 0.2) is 48.8 Å². The molecule has 0 amide bonds. The Balaban J connectivity index is 0.000000504. The van der Waals surface area contributed by atoms with Gasteiger partial charge in [0.2, 0.25) is 0 Å². The summed E-state index contributed by atoms with van der Waals surface area (Å²) >= 11 is 0. The van der Waals surface area contributed by atoms with Gasteiger partial charge in [0.25, 0.3) is 0 Å². The van der Waals surface area contributed by atoms with E-state index in [-0.39, 0.29) is 17.1 Å². The topological polar surface area (TPSA) is 54.0 Å². The molecule has 2 aromatic rings. The van der Waals surface area contributed by atoms with E-state index in [0.29, 0.717) is 0 Å². The number of aromatic nitrogens is 2. The summed E-state index contributed by atoms with van der Waals surface area (Å²) < 4.78 is 4.82. The Labute approximate surface area is 165 Å². The molecule has 7 heteroatoms. The normalized spacial score (nSPS) is 11.1. The van der Waals surface area contributed by atoms with Crippen LogP contribution in [0.4, 0.5) is 0 Å². The molecule has 2 rings (SSSR count). The predicted octanol–water partition coefficient (Wildman–Crippen LogP) is 5.60. The van der Waals surface area contributed by atoms with E-state index in [1.807, 2.05) is 36.4 Å². The molecule has 0 bridgehead atoms. The largest absolute Gasteiger partial charge is 2.00 e. The molecule has 0 saturated heterocycles. The number of hydrogen-bond acceptors (Lipinski definition) is 2. The maximum atomic E-state index is 4.82. The van der Waals surface area contributed by atoms with E-state index in [2.05, 4.69) is 54.6 Å². The quantitative estimate of drug-likeness (QED) is 0.580.